The van der Waals surface area contributed by atoms with E-state index in [2.05, 4.69) is 9.97 Å². The quantitative estimate of drug-likeness (QED) is 0.707. The van der Waals surface area contributed by atoms with Crippen LogP contribution >= 0.6 is 0 Å². The molecule has 1 saturated heterocycles. The Bertz CT molecular complexity index is 927. The van der Waals surface area contributed by atoms with Gasteiger partial charge in [0.05, 0.1) is 17.1 Å². The minimum absolute atomic E-state index is 0.0403. The normalized spacial score (nSPS) is 17.6. The summed E-state index contributed by atoms with van der Waals surface area (Å²) < 4.78 is 13.6. The molecule has 0 N–H and O–H groups in total. The van der Waals surface area contributed by atoms with Crippen molar-refractivity contribution in [3.8, 4) is 0 Å². The smallest absolute Gasteiger partial charge is 0.254 e. The molecule has 4 nitrogen and oxygen atoms in total. The van der Waals surface area contributed by atoms with Crippen molar-refractivity contribution in [2.24, 2.45) is 0 Å². The molecule has 0 aliphatic carbocycles. The Kier molecular flexibility index (Phi) is 4.14. The number of aromatic nitrogens is 2. The van der Waals surface area contributed by atoms with Crippen LogP contribution in [0.3, 0.4) is 0 Å². The van der Waals surface area contributed by atoms with Gasteiger partial charge in [0.15, 0.2) is 0 Å². The van der Waals surface area contributed by atoms with Crippen LogP contribution in [0.15, 0.2) is 54.9 Å². The third kappa shape index (κ3) is 3.09. The lowest BCUT2D eigenvalue weighted by molar-refractivity contribution is 0.0611. The molecule has 3 aromatic rings. The molecular formula is C20H18FN3O. The molecule has 1 aliphatic rings. The van der Waals surface area contributed by atoms with Crippen molar-refractivity contribution in [1.29, 1.82) is 0 Å². The van der Waals surface area contributed by atoms with E-state index in [9.17, 15) is 9.18 Å². The Morgan fingerprint density at radius 3 is 2.72 bits per heavy atom. The molecule has 1 aliphatic heterocycles. The molecule has 1 fully saturated rings. The molecule has 0 spiro atoms. The first-order valence-corrected chi connectivity index (χ1v) is 8.49. The van der Waals surface area contributed by atoms with Gasteiger partial charge in [-0.25, -0.2) is 4.39 Å². The predicted molar refractivity (Wildman–Crippen MR) is 93.6 cm³/mol. The summed E-state index contributed by atoms with van der Waals surface area (Å²) in [5.41, 5.74) is 2.91. The van der Waals surface area contributed by atoms with Crippen molar-refractivity contribution >= 4 is 16.9 Å². The molecule has 4 rings (SSSR count). The number of rotatable bonds is 2. The Labute approximate surface area is 145 Å². The van der Waals surface area contributed by atoms with Crippen molar-refractivity contribution < 1.29 is 9.18 Å². The maximum atomic E-state index is 13.6. The highest BCUT2D eigenvalue weighted by Crippen LogP contribution is 2.32. The van der Waals surface area contributed by atoms with E-state index in [4.69, 9.17) is 0 Å². The third-order valence-electron chi connectivity index (χ3n) is 4.71. The summed E-state index contributed by atoms with van der Waals surface area (Å²) in [5.74, 6) is -0.307. The summed E-state index contributed by atoms with van der Waals surface area (Å²) >= 11 is 0. The Hall–Kier alpha value is -2.82. The number of benzene rings is 2. The second kappa shape index (κ2) is 6.59. The molecule has 0 radical (unpaired) electrons. The fraction of sp³-hybridized carbons (Fsp3) is 0.250. The summed E-state index contributed by atoms with van der Waals surface area (Å²) in [5, 5.41) is 0. The number of fused-ring (bicyclic) bond motifs is 1. The number of likely N-dealkylation sites (tertiary alicyclic amines) is 1. The highest BCUT2D eigenvalue weighted by atomic mass is 19.1. The number of nitrogens with zero attached hydrogens (tertiary/aromatic N) is 3. The maximum Gasteiger partial charge on any atom is 0.254 e. The standard InChI is InChI=1S/C20H18FN3O/c21-16-5-3-4-14(12-16)19-6-1-2-11-24(19)20(25)15-7-8-17-18(13-15)23-10-9-22-17/h3-5,7-10,12-13,19H,1-2,6,11H2/t19-/m0/s1. The van der Waals surface area contributed by atoms with Crippen LogP contribution in [0.5, 0.6) is 0 Å². The van der Waals surface area contributed by atoms with E-state index in [1.807, 2.05) is 17.0 Å². The molecule has 1 amide bonds. The van der Waals surface area contributed by atoms with E-state index in [0.29, 0.717) is 17.6 Å². The molecule has 0 unspecified atom stereocenters. The summed E-state index contributed by atoms with van der Waals surface area (Å²) in [6.07, 6.45) is 6.10. The van der Waals surface area contributed by atoms with Crippen molar-refractivity contribution in [3.05, 3.63) is 71.8 Å². The van der Waals surface area contributed by atoms with Gasteiger partial charge in [-0.1, -0.05) is 12.1 Å². The average molecular weight is 335 g/mol. The zero-order valence-corrected chi connectivity index (χ0v) is 13.7. The Balaban J connectivity index is 1.68. The van der Waals surface area contributed by atoms with Crippen LogP contribution < -0.4 is 0 Å². The largest absolute Gasteiger partial charge is 0.332 e. The van der Waals surface area contributed by atoms with Gasteiger partial charge in [-0.2, -0.15) is 0 Å². The molecule has 126 valence electrons. The van der Waals surface area contributed by atoms with Crippen LogP contribution in [0.25, 0.3) is 11.0 Å². The monoisotopic (exact) mass is 335 g/mol. The number of carbonyl (C=O) groups excluding carboxylic acids is 1. The lowest BCUT2D eigenvalue weighted by atomic mass is 9.94. The molecule has 2 aromatic carbocycles. The molecule has 2 heterocycles. The van der Waals surface area contributed by atoms with Crippen molar-refractivity contribution in [2.45, 2.75) is 25.3 Å². The summed E-state index contributed by atoms with van der Waals surface area (Å²) in [6, 6.07) is 11.9. The average Bonchev–Trinajstić information content (AvgIpc) is 2.67. The number of halogens is 1. The van der Waals surface area contributed by atoms with Crippen LogP contribution in [0, 0.1) is 5.82 Å². The van der Waals surface area contributed by atoms with Gasteiger partial charge < -0.3 is 4.90 Å². The van der Waals surface area contributed by atoms with Gasteiger partial charge in [-0.15, -0.1) is 0 Å². The number of hydrogen-bond donors (Lipinski definition) is 0. The Morgan fingerprint density at radius 1 is 1.04 bits per heavy atom. The van der Waals surface area contributed by atoms with Gasteiger partial charge in [0.2, 0.25) is 0 Å². The lowest BCUT2D eigenvalue weighted by Crippen LogP contribution is -2.38. The van der Waals surface area contributed by atoms with Crippen LogP contribution in [0.4, 0.5) is 4.39 Å². The van der Waals surface area contributed by atoms with Crippen molar-refractivity contribution in [3.63, 3.8) is 0 Å². The van der Waals surface area contributed by atoms with E-state index in [1.54, 1.807) is 30.6 Å². The van der Waals surface area contributed by atoms with Gasteiger partial charge >= 0.3 is 0 Å². The van der Waals surface area contributed by atoms with E-state index in [-0.39, 0.29) is 17.8 Å². The molecule has 25 heavy (non-hydrogen) atoms. The summed E-state index contributed by atoms with van der Waals surface area (Å²) in [7, 11) is 0. The summed E-state index contributed by atoms with van der Waals surface area (Å²) in [6.45, 7) is 0.679. The van der Waals surface area contributed by atoms with Gasteiger partial charge in [-0.05, 0) is 55.2 Å². The minimum Gasteiger partial charge on any atom is -0.332 e. The molecule has 1 atom stereocenters. The molecule has 1 aromatic heterocycles. The van der Waals surface area contributed by atoms with Crippen molar-refractivity contribution in [1.82, 2.24) is 14.9 Å². The van der Waals surface area contributed by atoms with Gasteiger partial charge in [-0.3, -0.25) is 14.8 Å². The van der Waals surface area contributed by atoms with Gasteiger partial charge in [0.25, 0.3) is 5.91 Å². The number of hydrogen-bond acceptors (Lipinski definition) is 3. The van der Waals surface area contributed by atoms with Crippen molar-refractivity contribution in [2.75, 3.05) is 6.54 Å². The van der Waals surface area contributed by atoms with Crippen LogP contribution in [-0.4, -0.2) is 27.3 Å². The Morgan fingerprint density at radius 2 is 1.88 bits per heavy atom. The molecule has 0 saturated carbocycles. The lowest BCUT2D eigenvalue weighted by Gasteiger charge is -2.36. The fourth-order valence-electron chi connectivity index (χ4n) is 3.50. The van der Waals surface area contributed by atoms with E-state index >= 15 is 0 Å². The molecular weight excluding hydrogens is 317 g/mol. The van der Waals surface area contributed by atoms with Crippen LogP contribution in [0.2, 0.25) is 0 Å². The number of carbonyl (C=O) groups is 1. The second-order valence-corrected chi connectivity index (χ2v) is 6.32. The number of piperidine rings is 1. The molecule has 5 heteroatoms. The van der Waals surface area contributed by atoms with Crippen LogP contribution in [0.1, 0.15) is 41.2 Å². The van der Waals surface area contributed by atoms with Gasteiger partial charge in [0, 0.05) is 24.5 Å². The first kappa shape index (κ1) is 15.7. The zero-order valence-electron chi connectivity index (χ0n) is 13.7. The van der Waals surface area contributed by atoms with E-state index < -0.39 is 0 Å². The maximum absolute atomic E-state index is 13.6. The SMILES string of the molecule is O=C(c1ccc2nccnc2c1)N1CCCC[C@H]1c1cccc(F)c1. The third-order valence-corrected chi connectivity index (χ3v) is 4.71. The first-order valence-electron chi connectivity index (χ1n) is 8.49. The van der Waals surface area contributed by atoms with E-state index in [0.717, 1.165) is 30.3 Å². The minimum atomic E-state index is -0.267. The predicted octanol–water partition coefficient (Wildman–Crippen LogP) is 4.14. The number of amides is 1. The topological polar surface area (TPSA) is 46.1 Å². The molecule has 0 bridgehead atoms. The second-order valence-electron chi connectivity index (χ2n) is 6.32. The first-order chi connectivity index (χ1) is 12.2. The van der Waals surface area contributed by atoms with E-state index in [1.165, 1.54) is 12.1 Å². The van der Waals surface area contributed by atoms with Crippen LogP contribution in [-0.2, 0) is 0 Å². The zero-order chi connectivity index (χ0) is 17.2. The van der Waals surface area contributed by atoms with Gasteiger partial charge in [0.1, 0.15) is 5.82 Å². The fourth-order valence-corrected chi connectivity index (χ4v) is 3.50. The summed E-state index contributed by atoms with van der Waals surface area (Å²) in [4.78, 5) is 23.5. The highest BCUT2D eigenvalue weighted by molar-refractivity contribution is 5.97. The highest BCUT2D eigenvalue weighted by Gasteiger charge is 2.29.